The molecule has 2 bridgehead atoms. The standard InChI is InChI=1S/C35H41N9O3/c1-19(38-34(45)20(2)43-13-5-12-37-43)26-10-8-22-15-29(42(32(22)39-26)18-21-6-7-21)33-40-27-14-23(16-30(47-4)31(27)41(33)3)35(46)44-24-9-11-28(44)25(36)17-24/h5,8,10,12-16,19-21,24-25,28H,6-7,9,11,17-18,36H2,1-4H3,(H,38,45)/t19-,20?,24+,25-,28-/m1/s1. The van der Waals surface area contributed by atoms with Gasteiger partial charge >= 0.3 is 0 Å². The van der Waals surface area contributed by atoms with Crippen LogP contribution in [-0.4, -0.2) is 70.8 Å². The molecule has 0 spiro atoms. The van der Waals surface area contributed by atoms with Gasteiger partial charge in [-0.15, -0.1) is 0 Å². The molecule has 6 heterocycles. The quantitative estimate of drug-likeness (QED) is 0.246. The molecule has 2 aliphatic heterocycles. The number of aryl methyl sites for hydroxylation is 1. The fraction of sp³-hybridized carbons (Fsp3) is 0.457. The lowest BCUT2D eigenvalue weighted by Gasteiger charge is -2.23. The van der Waals surface area contributed by atoms with Crippen LogP contribution >= 0.6 is 0 Å². The molecule has 2 amide bonds. The second-order valence-electron chi connectivity index (χ2n) is 13.6. The summed E-state index contributed by atoms with van der Waals surface area (Å²) < 4.78 is 11.8. The minimum atomic E-state index is -0.435. The Bertz CT molecular complexity index is 2010. The van der Waals surface area contributed by atoms with E-state index in [-0.39, 0.29) is 36.0 Å². The summed E-state index contributed by atoms with van der Waals surface area (Å²) in [5.74, 6) is 1.85. The fourth-order valence-electron chi connectivity index (χ4n) is 7.67. The predicted molar refractivity (Wildman–Crippen MR) is 178 cm³/mol. The van der Waals surface area contributed by atoms with E-state index in [4.69, 9.17) is 20.4 Å². The number of carbonyl (C=O) groups excluding carboxylic acids is 2. The number of fused-ring (bicyclic) bond motifs is 4. The highest BCUT2D eigenvalue weighted by Crippen LogP contribution is 2.40. The number of rotatable bonds is 9. The first-order valence-electron chi connectivity index (χ1n) is 16.6. The van der Waals surface area contributed by atoms with Gasteiger partial charge < -0.3 is 29.8 Å². The van der Waals surface area contributed by atoms with Crippen molar-refractivity contribution in [1.82, 2.24) is 39.1 Å². The molecule has 0 radical (unpaired) electrons. The molecule has 1 saturated carbocycles. The molecule has 3 N–H and O–H groups in total. The number of nitrogens with one attached hydrogen (secondary N) is 1. The summed E-state index contributed by atoms with van der Waals surface area (Å²) in [6.45, 7) is 4.61. The van der Waals surface area contributed by atoms with E-state index < -0.39 is 6.04 Å². The topological polar surface area (TPSA) is 138 Å². The summed E-state index contributed by atoms with van der Waals surface area (Å²) in [6, 6.07) is 11.3. The molecule has 2 saturated heterocycles. The second-order valence-corrected chi connectivity index (χ2v) is 13.6. The monoisotopic (exact) mass is 635 g/mol. The summed E-state index contributed by atoms with van der Waals surface area (Å²) in [5.41, 5.74) is 11.1. The predicted octanol–water partition coefficient (Wildman–Crippen LogP) is 4.35. The highest BCUT2D eigenvalue weighted by atomic mass is 16.5. The normalized spacial score (nSPS) is 21.9. The van der Waals surface area contributed by atoms with E-state index in [0.29, 0.717) is 22.7 Å². The average molecular weight is 636 g/mol. The van der Waals surface area contributed by atoms with E-state index in [1.165, 1.54) is 12.8 Å². The molecular formula is C35H41N9O3. The van der Waals surface area contributed by atoms with E-state index in [1.807, 2.05) is 44.0 Å². The van der Waals surface area contributed by atoms with Crippen molar-refractivity contribution in [2.75, 3.05) is 7.11 Å². The molecular weight excluding hydrogens is 594 g/mol. The third-order valence-electron chi connectivity index (χ3n) is 10.5. The van der Waals surface area contributed by atoms with Gasteiger partial charge in [0.1, 0.15) is 23.0 Å². The van der Waals surface area contributed by atoms with Gasteiger partial charge in [0.15, 0.2) is 5.82 Å². The van der Waals surface area contributed by atoms with Gasteiger partial charge in [0.25, 0.3) is 5.91 Å². The van der Waals surface area contributed by atoms with Gasteiger partial charge in [-0.05, 0) is 88.3 Å². The molecule has 3 aliphatic rings. The first-order chi connectivity index (χ1) is 22.7. The molecule has 244 valence electrons. The summed E-state index contributed by atoms with van der Waals surface area (Å²) in [7, 11) is 3.63. The van der Waals surface area contributed by atoms with E-state index >= 15 is 0 Å². The number of pyridine rings is 1. The Hall–Kier alpha value is -4.71. The van der Waals surface area contributed by atoms with Crippen molar-refractivity contribution >= 4 is 33.9 Å². The van der Waals surface area contributed by atoms with Gasteiger partial charge in [-0.25, -0.2) is 9.97 Å². The van der Waals surface area contributed by atoms with Gasteiger partial charge in [-0.3, -0.25) is 14.3 Å². The second kappa shape index (κ2) is 11.2. The highest BCUT2D eigenvalue weighted by Gasteiger charge is 2.47. The Morgan fingerprint density at radius 1 is 1.11 bits per heavy atom. The van der Waals surface area contributed by atoms with E-state index in [1.54, 1.807) is 30.3 Å². The minimum Gasteiger partial charge on any atom is -0.494 e. The number of benzene rings is 1. The number of carbonyl (C=O) groups is 2. The maximum absolute atomic E-state index is 13.8. The lowest BCUT2D eigenvalue weighted by atomic mass is 9.97. The fourth-order valence-corrected chi connectivity index (χ4v) is 7.67. The first kappa shape index (κ1) is 29.7. The highest BCUT2D eigenvalue weighted by molar-refractivity contribution is 6.00. The number of hydrogen-bond donors (Lipinski definition) is 2. The van der Waals surface area contributed by atoms with Crippen LogP contribution in [0.5, 0.6) is 5.75 Å². The van der Waals surface area contributed by atoms with Crippen LogP contribution in [-0.2, 0) is 18.4 Å². The zero-order chi connectivity index (χ0) is 32.6. The SMILES string of the molecule is COc1cc(C(=O)N2[C@H]3CC[C@@H]2[C@H](N)C3)cc2nc(-c3cc4ccc([C@@H](C)NC(=O)C(C)n5cccn5)nc4n3CC3CC3)n(C)c12. The largest absolute Gasteiger partial charge is 0.494 e. The molecule has 47 heavy (non-hydrogen) atoms. The number of aromatic nitrogens is 6. The molecule has 8 rings (SSSR count). The van der Waals surface area contributed by atoms with Crippen LogP contribution in [0.15, 0.2) is 48.8 Å². The van der Waals surface area contributed by atoms with E-state index in [9.17, 15) is 9.59 Å². The van der Waals surface area contributed by atoms with Crippen molar-refractivity contribution in [2.45, 2.75) is 82.7 Å². The van der Waals surface area contributed by atoms with Gasteiger partial charge in [0.2, 0.25) is 5.91 Å². The van der Waals surface area contributed by atoms with Crippen molar-refractivity contribution < 1.29 is 14.3 Å². The van der Waals surface area contributed by atoms with Crippen molar-refractivity contribution in [1.29, 1.82) is 0 Å². The number of amides is 2. The molecule has 1 unspecified atom stereocenters. The van der Waals surface area contributed by atoms with Crippen molar-refractivity contribution in [3.8, 4) is 17.3 Å². The first-order valence-corrected chi connectivity index (χ1v) is 16.6. The molecule has 4 aromatic heterocycles. The summed E-state index contributed by atoms with van der Waals surface area (Å²) in [5, 5.41) is 8.32. The molecule has 3 fully saturated rings. The van der Waals surface area contributed by atoms with E-state index in [0.717, 1.165) is 59.6 Å². The summed E-state index contributed by atoms with van der Waals surface area (Å²) in [6.07, 6.45) is 8.64. The Morgan fingerprint density at radius 2 is 1.94 bits per heavy atom. The zero-order valence-corrected chi connectivity index (χ0v) is 27.3. The summed E-state index contributed by atoms with van der Waals surface area (Å²) in [4.78, 5) is 39.0. The van der Waals surface area contributed by atoms with Crippen LogP contribution in [0, 0.1) is 5.92 Å². The maximum atomic E-state index is 13.8. The molecule has 5 aromatic rings. The van der Waals surface area contributed by atoms with Gasteiger partial charge in [-0.2, -0.15) is 5.10 Å². The third-order valence-corrected chi connectivity index (χ3v) is 10.5. The Labute approximate surface area is 272 Å². The molecule has 1 aliphatic carbocycles. The maximum Gasteiger partial charge on any atom is 0.254 e. The molecule has 1 aromatic carbocycles. The van der Waals surface area contributed by atoms with Crippen LogP contribution in [0.2, 0.25) is 0 Å². The smallest absolute Gasteiger partial charge is 0.254 e. The Morgan fingerprint density at radius 3 is 2.62 bits per heavy atom. The number of nitrogens with two attached hydrogens (primary N) is 1. The number of ether oxygens (including phenoxy) is 1. The Balaban J connectivity index is 1.16. The van der Waals surface area contributed by atoms with Gasteiger partial charge in [0.05, 0.1) is 30.1 Å². The van der Waals surface area contributed by atoms with Crippen LogP contribution in [0.4, 0.5) is 0 Å². The van der Waals surface area contributed by atoms with Crippen molar-refractivity contribution in [2.24, 2.45) is 18.7 Å². The van der Waals surface area contributed by atoms with Crippen molar-refractivity contribution in [3.63, 3.8) is 0 Å². The van der Waals surface area contributed by atoms with Crippen LogP contribution in [0.3, 0.4) is 0 Å². The van der Waals surface area contributed by atoms with Gasteiger partial charge in [-0.1, -0.05) is 0 Å². The Kier molecular flexibility index (Phi) is 7.08. The van der Waals surface area contributed by atoms with Crippen molar-refractivity contribution in [3.05, 3.63) is 60.0 Å². The van der Waals surface area contributed by atoms with Crippen LogP contribution in [0.25, 0.3) is 33.6 Å². The molecule has 5 atom stereocenters. The zero-order valence-electron chi connectivity index (χ0n) is 27.3. The molecule has 12 heteroatoms. The van der Waals surface area contributed by atoms with Gasteiger partial charge in [0, 0.05) is 55.1 Å². The minimum absolute atomic E-state index is 0.00217. The number of hydrogen-bond acceptors (Lipinski definition) is 7. The van der Waals surface area contributed by atoms with E-state index in [2.05, 4.69) is 31.7 Å². The average Bonchev–Trinajstić information content (AvgIpc) is 3.47. The number of nitrogens with zero attached hydrogens (tertiary/aromatic N) is 7. The lowest BCUT2D eigenvalue weighted by Crippen LogP contribution is -2.40. The number of imidazole rings is 1. The lowest BCUT2D eigenvalue weighted by molar-refractivity contribution is -0.124. The van der Waals surface area contributed by atoms with Crippen LogP contribution < -0.4 is 15.8 Å². The molecule has 12 nitrogen and oxygen atoms in total. The number of methoxy groups -OCH3 is 1. The van der Waals surface area contributed by atoms with Crippen LogP contribution in [0.1, 0.15) is 74.1 Å². The third kappa shape index (κ3) is 4.97. The summed E-state index contributed by atoms with van der Waals surface area (Å²) >= 11 is 0.